The van der Waals surface area contributed by atoms with E-state index in [2.05, 4.69) is 0 Å². The van der Waals surface area contributed by atoms with Gasteiger partial charge in [-0.25, -0.2) is 4.79 Å². The van der Waals surface area contributed by atoms with Crippen molar-refractivity contribution in [3.05, 3.63) is 11.3 Å². The molecule has 0 aromatic rings. The molecule has 4 aliphatic carbocycles. The number of nitrogens with zero attached hydrogens (tertiary/aromatic N) is 1. The van der Waals surface area contributed by atoms with Gasteiger partial charge in [0.25, 0.3) is 5.91 Å². The standard InChI is InChI=1S/C25H35NO6/c1-5-31-22(30)25-13-32-21(23(2,3)4)26(25)20(29)18(19(25)28)17(27)12-24-9-14-6-15(10-24)8-16(7-14)11-24/h14-16,21,28H,5-13H2,1-4H3/t14?,15?,16?,21-,24?,25-/m1/s1. The van der Waals surface area contributed by atoms with E-state index in [9.17, 15) is 19.5 Å². The molecule has 2 aliphatic heterocycles. The fourth-order valence-corrected chi connectivity index (χ4v) is 7.76. The second kappa shape index (κ2) is 7.05. The number of ether oxygens (including phenoxy) is 2. The second-order valence-electron chi connectivity index (χ2n) is 12.0. The van der Waals surface area contributed by atoms with Gasteiger partial charge in [0.1, 0.15) is 17.6 Å². The number of aliphatic hydroxyl groups excluding tert-OH is 1. The Morgan fingerprint density at radius 1 is 1.12 bits per heavy atom. The topological polar surface area (TPSA) is 93.1 Å². The van der Waals surface area contributed by atoms with Crippen LogP contribution in [0.25, 0.3) is 0 Å². The molecule has 0 radical (unpaired) electrons. The highest BCUT2D eigenvalue weighted by molar-refractivity contribution is 6.24. The van der Waals surface area contributed by atoms with Crippen molar-refractivity contribution in [2.75, 3.05) is 13.2 Å². The number of carbonyl (C=O) groups is 3. The van der Waals surface area contributed by atoms with Crippen molar-refractivity contribution in [1.82, 2.24) is 4.90 Å². The summed E-state index contributed by atoms with van der Waals surface area (Å²) in [4.78, 5) is 41.5. The van der Waals surface area contributed by atoms with E-state index in [1.54, 1.807) is 6.92 Å². The van der Waals surface area contributed by atoms with E-state index in [1.807, 2.05) is 20.8 Å². The lowest BCUT2D eigenvalue weighted by molar-refractivity contribution is -0.160. The smallest absolute Gasteiger partial charge is 0.342 e. The van der Waals surface area contributed by atoms with Crippen LogP contribution in [0.2, 0.25) is 0 Å². The van der Waals surface area contributed by atoms with Gasteiger partial charge in [0.15, 0.2) is 5.78 Å². The van der Waals surface area contributed by atoms with Crippen LogP contribution in [0.15, 0.2) is 11.3 Å². The molecule has 2 atom stereocenters. The van der Waals surface area contributed by atoms with Crippen molar-refractivity contribution in [1.29, 1.82) is 0 Å². The van der Waals surface area contributed by atoms with Crippen molar-refractivity contribution in [2.24, 2.45) is 28.6 Å². The van der Waals surface area contributed by atoms with Crippen molar-refractivity contribution < 1.29 is 29.0 Å². The van der Waals surface area contributed by atoms with Crippen LogP contribution < -0.4 is 0 Å². The number of hydrogen-bond acceptors (Lipinski definition) is 6. The Morgan fingerprint density at radius 2 is 1.69 bits per heavy atom. The average molecular weight is 446 g/mol. The quantitative estimate of drug-likeness (QED) is 0.514. The summed E-state index contributed by atoms with van der Waals surface area (Å²) in [5.41, 5.74) is -2.57. The Labute approximate surface area is 189 Å². The molecule has 6 rings (SSSR count). The highest BCUT2D eigenvalue weighted by Crippen LogP contribution is 2.61. The van der Waals surface area contributed by atoms with Crippen LogP contribution in [0.3, 0.4) is 0 Å². The molecule has 0 aromatic carbocycles. The highest BCUT2D eigenvalue weighted by Gasteiger charge is 2.68. The number of ketones is 1. The fraction of sp³-hybridized carbons (Fsp3) is 0.800. The van der Waals surface area contributed by atoms with E-state index in [4.69, 9.17) is 9.47 Å². The van der Waals surface area contributed by atoms with Gasteiger partial charge in [0.2, 0.25) is 5.54 Å². The Morgan fingerprint density at radius 3 is 2.19 bits per heavy atom. The summed E-state index contributed by atoms with van der Waals surface area (Å²) >= 11 is 0. The monoisotopic (exact) mass is 445 g/mol. The molecule has 5 fully saturated rings. The molecule has 4 bridgehead atoms. The van der Waals surface area contributed by atoms with Crippen molar-refractivity contribution in [3.8, 4) is 0 Å². The van der Waals surface area contributed by atoms with Gasteiger partial charge < -0.3 is 14.6 Å². The largest absolute Gasteiger partial charge is 0.508 e. The van der Waals surface area contributed by atoms with Gasteiger partial charge in [-0.2, -0.15) is 0 Å². The molecule has 0 aromatic heterocycles. The minimum atomic E-state index is -1.77. The fourth-order valence-electron chi connectivity index (χ4n) is 7.76. The number of esters is 1. The highest BCUT2D eigenvalue weighted by atomic mass is 16.6. The number of Topliss-reactive ketones (excluding diaryl/α,β-unsaturated/α-hetero) is 1. The third-order valence-electron chi connectivity index (χ3n) is 8.49. The predicted molar refractivity (Wildman–Crippen MR) is 115 cm³/mol. The van der Waals surface area contributed by atoms with E-state index < -0.39 is 34.8 Å². The number of rotatable bonds is 5. The SMILES string of the molecule is CCOC(=O)[C@]12CO[C@H](C(C)(C)C)N1C(=O)C(C(=O)CC13CC4CC(CC(C4)C1)C3)=C2O. The van der Waals surface area contributed by atoms with Gasteiger partial charge in [-0.3, -0.25) is 14.5 Å². The summed E-state index contributed by atoms with van der Waals surface area (Å²) in [6.07, 6.45) is 6.44. The van der Waals surface area contributed by atoms with Gasteiger partial charge in [-0.05, 0) is 68.6 Å². The Bertz CT molecular complexity index is 863. The normalized spacial score (nSPS) is 40.2. The lowest BCUT2D eigenvalue weighted by atomic mass is 9.48. The van der Waals surface area contributed by atoms with Crippen LogP contribution in [0.4, 0.5) is 0 Å². The molecule has 6 aliphatic rings. The molecule has 7 heteroatoms. The van der Waals surface area contributed by atoms with Gasteiger partial charge in [0, 0.05) is 11.8 Å². The Kier molecular flexibility index (Phi) is 4.83. The zero-order chi connectivity index (χ0) is 23.1. The number of amides is 1. The lowest BCUT2D eigenvalue weighted by Gasteiger charge is -2.56. The first kappa shape index (κ1) is 21.9. The molecule has 0 unspecified atom stereocenters. The molecular weight excluding hydrogens is 410 g/mol. The third kappa shape index (κ3) is 2.99. The lowest BCUT2D eigenvalue weighted by Crippen LogP contribution is -2.57. The number of aliphatic hydroxyl groups is 1. The van der Waals surface area contributed by atoms with Gasteiger partial charge in [0.05, 0.1) is 13.2 Å². The predicted octanol–water partition coefficient (Wildman–Crippen LogP) is 3.52. The van der Waals surface area contributed by atoms with Crippen LogP contribution in [0.1, 0.15) is 72.6 Å². The van der Waals surface area contributed by atoms with Crippen LogP contribution in [-0.4, -0.2) is 52.6 Å². The average Bonchev–Trinajstić information content (AvgIpc) is 3.17. The van der Waals surface area contributed by atoms with E-state index in [0.29, 0.717) is 17.8 Å². The maximum atomic E-state index is 13.6. The van der Waals surface area contributed by atoms with Gasteiger partial charge in [-0.1, -0.05) is 20.8 Å². The molecule has 2 heterocycles. The summed E-state index contributed by atoms with van der Waals surface area (Å²) in [5, 5.41) is 11.3. The van der Waals surface area contributed by atoms with Crippen molar-refractivity contribution in [2.45, 2.75) is 84.4 Å². The molecule has 176 valence electrons. The minimum absolute atomic E-state index is 0.0660. The molecule has 1 saturated heterocycles. The number of hydrogen-bond donors (Lipinski definition) is 1. The number of carbonyl (C=O) groups excluding carboxylic acids is 3. The van der Waals surface area contributed by atoms with Crippen molar-refractivity contribution in [3.63, 3.8) is 0 Å². The van der Waals surface area contributed by atoms with Crippen molar-refractivity contribution >= 4 is 17.7 Å². The summed E-state index contributed by atoms with van der Waals surface area (Å²) < 4.78 is 11.1. The summed E-state index contributed by atoms with van der Waals surface area (Å²) in [5.74, 6) is -0.115. The van der Waals surface area contributed by atoms with E-state index in [0.717, 1.165) is 19.3 Å². The zero-order valence-electron chi connectivity index (χ0n) is 19.6. The summed E-state index contributed by atoms with van der Waals surface area (Å²) in [7, 11) is 0. The molecule has 4 saturated carbocycles. The zero-order valence-corrected chi connectivity index (χ0v) is 19.6. The first-order valence-corrected chi connectivity index (χ1v) is 12.1. The molecule has 1 N–H and O–H groups in total. The maximum Gasteiger partial charge on any atom is 0.342 e. The van der Waals surface area contributed by atoms with Crippen LogP contribution in [0.5, 0.6) is 0 Å². The van der Waals surface area contributed by atoms with E-state index in [-0.39, 0.29) is 36.4 Å². The molecular formula is C25H35NO6. The van der Waals surface area contributed by atoms with Gasteiger partial charge >= 0.3 is 5.97 Å². The summed E-state index contributed by atoms with van der Waals surface area (Å²) in [6.45, 7) is 7.27. The Balaban J connectivity index is 1.49. The summed E-state index contributed by atoms with van der Waals surface area (Å²) in [6, 6.07) is 0. The minimum Gasteiger partial charge on any atom is -0.508 e. The second-order valence-corrected chi connectivity index (χ2v) is 12.0. The first-order chi connectivity index (χ1) is 15.0. The van der Waals surface area contributed by atoms with Crippen LogP contribution >= 0.6 is 0 Å². The third-order valence-corrected chi connectivity index (χ3v) is 8.49. The maximum absolute atomic E-state index is 13.6. The molecule has 1 amide bonds. The molecule has 7 nitrogen and oxygen atoms in total. The first-order valence-electron chi connectivity index (χ1n) is 12.1. The Hall–Kier alpha value is -1.89. The molecule has 0 spiro atoms. The van der Waals surface area contributed by atoms with Crippen LogP contribution in [-0.2, 0) is 23.9 Å². The van der Waals surface area contributed by atoms with Crippen LogP contribution in [0, 0.1) is 28.6 Å². The van der Waals surface area contributed by atoms with Gasteiger partial charge in [-0.15, -0.1) is 0 Å². The molecule has 32 heavy (non-hydrogen) atoms. The number of fused-ring (bicyclic) bond motifs is 1. The van der Waals surface area contributed by atoms with E-state index >= 15 is 0 Å². The van der Waals surface area contributed by atoms with E-state index in [1.165, 1.54) is 24.2 Å².